The Bertz CT molecular complexity index is 560. The predicted octanol–water partition coefficient (Wildman–Crippen LogP) is 3.33. The average Bonchev–Trinajstić information content (AvgIpc) is 2.76. The lowest BCUT2D eigenvalue weighted by atomic mass is 9.53. The van der Waals surface area contributed by atoms with Crippen molar-refractivity contribution in [1.82, 2.24) is 0 Å². The molecule has 3 N–H and O–H groups in total. The summed E-state index contributed by atoms with van der Waals surface area (Å²) in [4.78, 5) is 0. The van der Waals surface area contributed by atoms with Gasteiger partial charge in [0, 0.05) is 22.8 Å². The molecule has 0 spiro atoms. The minimum atomic E-state index is -0.266. The Morgan fingerprint density at radius 1 is 1.19 bits per heavy atom. The first kappa shape index (κ1) is 13.8. The number of aliphatic hydroxyl groups excluding tert-OH is 1. The second-order valence-corrected chi connectivity index (χ2v) is 8.09. The van der Waals surface area contributed by atoms with Gasteiger partial charge < -0.3 is 10.8 Å². The number of allylic oxidation sites excluding steroid dienone is 4. The van der Waals surface area contributed by atoms with Crippen LogP contribution in [-0.4, -0.2) is 17.3 Å². The molecular formula is C19H27NO. The molecule has 1 unspecified atom stereocenters. The zero-order valence-corrected chi connectivity index (χ0v) is 13.2. The first-order valence-electron chi connectivity index (χ1n) is 8.49. The van der Waals surface area contributed by atoms with Crippen LogP contribution in [0.1, 0.15) is 46.0 Å². The molecule has 0 aromatic heterocycles. The summed E-state index contributed by atoms with van der Waals surface area (Å²) in [6.45, 7) is 4.69. The van der Waals surface area contributed by atoms with E-state index in [0.717, 1.165) is 19.3 Å². The molecule has 0 amide bonds. The third-order valence-corrected chi connectivity index (χ3v) is 7.06. The summed E-state index contributed by atoms with van der Waals surface area (Å²) in [6, 6.07) is 0.243. The second-order valence-electron chi connectivity index (χ2n) is 8.09. The van der Waals surface area contributed by atoms with E-state index in [4.69, 9.17) is 5.73 Å². The minimum Gasteiger partial charge on any atom is -0.388 e. The van der Waals surface area contributed by atoms with Gasteiger partial charge in [0.1, 0.15) is 0 Å². The molecule has 0 saturated heterocycles. The minimum absolute atomic E-state index is 0.0385. The fourth-order valence-electron chi connectivity index (χ4n) is 5.53. The molecule has 114 valence electrons. The van der Waals surface area contributed by atoms with Gasteiger partial charge in [-0.25, -0.2) is 0 Å². The Morgan fingerprint density at radius 2 is 2.00 bits per heavy atom. The molecule has 0 radical (unpaired) electrons. The van der Waals surface area contributed by atoms with Crippen LogP contribution in [0.5, 0.6) is 0 Å². The molecule has 4 aliphatic rings. The summed E-state index contributed by atoms with van der Waals surface area (Å²) < 4.78 is 0. The Balaban J connectivity index is 1.80. The molecule has 0 saturated carbocycles. The molecule has 6 atom stereocenters. The van der Waals surface area contributed by atoms with Crippen molar-refractivity contribution < 1.29 is 5.11 Å². The van der Waals surface area contributed by atoms with Gasteiger partial charge in [0.2, 0.25) is 0 Å². The highest BCUT2D eigenvalue weighted by Crippen LogP contribution is 2.60. The van der Waals surface area contributed by atoms with Crippen LogP contribution in [0.15, 0.2) is 35.5 Å². The highest BCUT2D eigenvalue weighted by molar-refractivity contribution is 5.41. The molecule has 21 heavy (non-hydrogen) atoms. The molecule has 4 aliphatic carbocycles. The van der Waals surface area contributed by atoms with E-state index in [0.29, 0.717) is 11.8 Å². The first-order valence-corrected chi connectivity index (χ1v) is 8.49. The van der Waals surface area contributed by atoms with Crippen molar-refractivity contribution in [3.63, 3.8) is 0 Å². The van der Waals surface area contributed by atoms with Gasteiger partial charge in [-0.15, -0.1) is 0 Å². The standard InChI is InChI=1S/C19H27NO/c1-18-9-7-13(20)11-12(18)3-4-14-15-5-6-17(21)19(15,2)10-8-16(14)18/h5-7,9,12-13,15,17,21H,3-4,8,10-11,20H2,1-2H3/t12?,13-,15-,17-,18-,19-/m0/s1. The van der Waals surface area contributed by atoms with Crippen LogP contribution in [0.2, 0.25) is 0 Å². The molecular weight excluding hydrogens is 258 g/mol. The van der Waals surface area contributed by atoms with Gasteiger partial charge in [0.25, 0.3) is 0 Å². The summed E-state index contributed by atoms with van der Waals surface area (Å²) in [7, 11) is 0. The number of fused-ring (bicyclic) bond motifs is 4. The van der Waals surface area contributed by atoms with E-state index in [9.17, 15) is 5.11 Å². The van der Waals surface area contributed by atoms with Crippen molar-refractivity contribution in [2.24, 2.45) is 28.4 Å². The topological polar surface area (TPSA) is 46.2 Å². The van der Waals surface area contributed by atoms with E-state index >= 15 is 0 Å². The lowest BCUT2D eigenvalue weighted by molar-refractivity contribution is 0.0446. The van der Waals surface area contributed by atoms with E-state index in [-0.39, 0.29) is 23.0 Å². The van der Waals surface area contributed by atoms with Crippen LogP contribution >= 0.6 is 0 Å². The maximum atomic E-state index is 10.4. The zero-order valence-electron chi connectivity index (χ0n) is 13.2. The summed E-state index contributed by atoms with van der Waals surface area (Å²) in [5, 5.41) is 10.4. The Labute approximate surface area is 127 Å². The number of nitrogens with two attached hydrogens (primary N) is 1. The zero-order chi connectivity index (χ0) is 14.8. The lowest BCUT2D eigenvalue weighted by Crippen LogP contribution is -2.45. The van der Waals surface area contributed by atoms with Crippen molar-refractivity contribution in [2.75, 3.05) is 0 Å². The SMILES string of the molecule is C[C@]12CCC3=C(CCC4C[C@@H](N)C=C[C@]34C)[C@@H]1C=C[C@@H]2O. The molecule has 4 rings (SSSR count). The highest BCUT2D eigenvalue weighted by atomic mass is 16.3. The summed E-state index contributed by atoms with van der Waals surface area (Å²) in [5.74, 6) is 1.16. The summed E-state index contributed by atoms with van der Waals surface area (Å²) in [5.41, 5.74) is 9.70. The van der Waals surface area contributed by atoms with Gasteiger partial charge in [0.05, 0.1) is 6.10 Å². The molecule has 0 fully saturated rings. The Morgan fingerprint density at radius 3 is 2.81 bits per heavy atom. The van der Waals surface area contributed by atoms with Crippen molar-refractivity contribution in [3.05, 3.63) is 35.5 Å². The van der Waals surface area contributed by atoms with Crippen molar-refractivity contribution in [3.8, 4) is 0 Å². The van der Waals surface area contributed by atoms with Gasteiger partial charge in [-0.1, -0.05) is 49.3 Å². The average molecular weight is 285 g/mol. The molecule has 0 heterocycles. The van der Waals surface area contributed by atoms with E-state index < -0.39 is 0 Å². The van der Waals surface area contributed by atoms with E-state index in [1.54, 1.807) is 11.1 Å². The lowest BCUT2D eigenvalue weighted by Gasteiger charge is -2.52. The quantitative estimate of drug-likeness (QED) is 0.671. The number of rotatable bonds is 0. The third kappa shape index (κ3) is 1.72. The molecule has 0 bridgehead atoms. The largest absolute Gasteiger partial charge is 0.388 e. The number of aliphatic hydroxyl groups is 1. The maximum absolute atomic E-state index is 10.4. The Hall–Kier alpha value is -0.860. The van der Waals surface area contributed by atoms with Crippen LogP contribution in [-0.2, 0) is 0 Å². The van der Waals surface area contributed by atoms with Gasteiger partial charge in [-0.3, -0.25) is 0 Å². The fraction of sp³-hybridized carbons (Fsp3) is 0.684. The van der Waals surface area contributed by atoms with Crippen molar-refractivity contribution in [2.45, 2.75) is 58.1 Å². The molecule has 0 aromatic rings. The van der Waals surface area contributed by atoms with Crippen LogP contribution in [0.3, 0.4) is 0 Å². The maximum Gasteiger partial charge on any atom is 0.0783 e. The van der Waals surface area contributed by atoms with E-state index in [1.807, 2.05) is 6.08 Å². The van der Waals surface area contributed by atoms with E-state index in [2.05, 4.69) is 32.1 Å². The molecule has 0 aliphatic heterocycles. The van der Waals surface area contributed by atoms with Crippen LogP contribution in [0, 0.1) is 22.7 Å². The van der Waals surface area contributed by atoms with Gasteiger partial charge in [0.15, 0.2) is 0 Å². The second kappa shape index (κ2) is 4.33. The van der Waals surface area contributed by atoms with Gasteiger partial charge in [-0.05, 0) is 38.0 Å². The number of hydrogen-bond acceptors (Lipinski definition) is 2. The highest BCUT2D eigenvalue weighted by Gasteiger charge is 2.52. The molecule has 2 heteroatoms. The Kier molecular flexibility index (Phi) is 2.84. The van der Waals surface area contributed by atoms with Gasteiger partial charge in [-0.2, -0.15) is 0 Å². The van der Waals surface area contributed by atoms with Crippen molar-refractivity contribution >= 4 is 0 Å². The van der Waals surface area contributed by atoms with Crippen molar-refractivity contribution in [1.29, 1.82) is 0 Å². The number of hydrogen-bond donors (Lipinski definition) is 2. The van der Waals surface area contributed by atoms with Crippen LogP contribution < -0.4 is 5.73 Å². The fourth-order valence-corrected chi connectivity index (χ4v) is 5.53. The first-order chi connectivity index (χ1) is 9.95. The predicted molar refractivity (Wildman–Crippen MR) is 85.6 cm³/mol. The molecule has 2 nitrogen and oxygen atoms in total. The normalized spacial score (nSPS) is 51.6. The van der Waals surface area contributed by atoms with E-state index in [1.165, 1.54) is 12.8 Å². The summed E-state index contributed by atoms with van der Waals surface area (Å²) in [6.07, 6.45) is 14.5. The smallest absolute Gasteiger partial charge is 0.0783 e. The summed E-state index contributed by atoms with van der Waals surface area (Å²) >= 11 is 0. The van der Waals surface area contributed by atoms with Gasteiger partial charge >= 0.3 is 0 Å². The molecule has 0 aromatic carbocycles. The van der Waals surface area contributed by atoms with Crippen LogP contribution in [0.4, 0.5) is 0 Å². The third-order valence-electron chi connectivity index (χ3n) is 7.06. The van der Waals surface area contributed by atoms with Crippen LogP contribution in [0.25, 0.3) is 0 Å². The monoisotopic (exact) mass is 285 g/mol.